The fourth-order valence-electron chi connectivity index (χ4n) is 3.16. The molecule has 7 nitrogen and oxygen atoms in total. The van der Waals surface area contributed by atoms with Gasteiger partial charge in [-0.25, -0.2) is 8.42 Å². The molecular weight excluding hydrogens is 556 g/mol. The van der Waals surface area contributed by atoms with E-state index in [2.05, 4.69) is 5.32 Å². The molecule has 0 bridgehead atoms. The minimum Gasteiger partial charge on any atom is -0.350 e. The zero-order valence-corrected chi connectivity index (χ0v) is 23.7. The van der Waals surface area contributed by atoms with Crippen LogP contribution in [0.4, 0.5) is 5.69 Å². The monoisotopic (exact) mass is 581 g/mol. The number of nitrogens with zero attached hydrogens (tertiary/aromatic N) is 2. The summed E-state index contributed by atoms with van der Waals surface area (Å²) in [6.07, 6.45) is 0.955. The number of carbonyl (C=O) groups excluding carboxylic acids is 2. The van der Waals surface area contributed by atoms with E-state index in [4.69, 9.17) is 46.4 Å². The molecule has 0 spiro atoms. The van der Waals surface area contributed by atoms with Gasteiger partial charge in [-0.05, 0) is 63.6 Å². The molecule has 0 heterocycles. The number of amides is 2. The Balaban J connectivity index is 2.47. The maximum absolute atomic E-state index is 13.5. The molecule has 192 valence electrons. The highest BCUT2D eigenvalue weighted by molar-refractivity contribution is 7.92. The van der Waals surface area contributed by atoms with Crippen LogP contribution in [0.3, 0.4) is 0 Å². The van der Waals surface area contributed by atoms with Gasteiger partial charge in [0.2, 0.25) is 21.8 Å². The van der Waals surface area contributed by atoms with Crippen LogP contribution in [0.1, 0.15) is 33.3 Å². The van der Waals surface area contributed by atoms with Crippen molar-refractivity contribution < 1.29 is 18.0 Å². The van der Waals surface area contributed by atoms with E-state index in [1.54, 1.807) is 25.1 Å². The normalized spacial score (nSPS) is 12.7. The first-order valence-electron chi connectivity index (χ1n) is 10.5. The molecule has 0 aliphatic rings. The first-order valence-corrected chi connectivity index (χ1v) is 13.8. The Bertz CT molecular complexity index is 1220. The van der Waals surface area contributed by atoms with Crippen molar-refractivity contribution in [3.63, 3.8) is 0 Å². The number of hydrogen-bond acceptors (Lipinski definition) is 4. The molecule has 0 saturated heterocycles. The van der Waals surface area contributed by atoms with Crippen molar-refractivity contribution in [3.8, 4) is 0 Å². The van der Waals surface area contributed by atoms with Crippen LogP contribution in [-0.2, 0) is 26.2 Å². The van der Waals surface area contributed by atoms with E-state index in [-0.39, 0.29) is 27.3 Å². The summed E-state index contributed by atoms with van der Waals surface area (Å²) in [5.41, 5.74) is 0.114. The topological polar surface area (TPSA) is 86.8 Å². The molecule has 2 aromatic rings. The van der Waals surface area contributed by atoms with Crippen LogP contribution in [0.5, 0.6) is 0 Å². The fraction of sp³-hybridized carbons (Fsp3) is 0.391. The average molecular weight is 583 g/mol. The summed E-state index contributed by atoms with van der Waals surface area (Å²) in [4.78, 5) is 27.8. The zero-order chi connectivity index (χ0) is 26.7. The van der Waals surface area contributed by atoms with Crippen LogP contribution in [-0.4, -0.2) is 49.5 Å². The van der Waals surface area contributed by atoms with Crippen LogP contribution < -0.4 is 9.62 Å². The quantitative estimate of drug-likeness (QED) is 0.451. The second-order valence-electron chi connectivity index (χ2n) is 9.05. The summed E-state index contributed by atoms with van der Waals surface area (Å²) in [6, 6.07) is 8.20. The van der Waals surface area contributed by atoms with Gasteiger partial charge in [0.1, 0.15) is 12.6 Å². The smallest absolute Gasteiger partial charge is 0.244 e. The molecule has 1 N–H and O–H groups in total. The van der Waals surface area contributed by atoms with Gasteiger partial charge in [0, 0.05) is 17.1 Å². The van der Waals surface area contributed by atoms with E-state index in [9.17, 15) is 18.0 Å². The molecule has 2 rings (SSSR count). The minimum atomic E-state index is -3.94. The van der Waals surface area contributed by atoms with Crippen molar-refractivity contribution in [3.05, 3.63) is 62.1 Å². The highest BCUT2D eigenvalue weighted by Gasteiger charge is 2.32. The Labute approximate surface area is 226 Å². The van der Waals surface area contributed by atoms with Gasteiger partial charge in [-0.15, -0.1) is 0 Å². The Hall–Kier alpha value is -1.71. The van der Waals surface area contributed by atoms with Gasteiger partial charge in [0.05, 0.1) is 27.0 Å². The first-order chi connectivity index (χ1) is 16.0. The Morgan fingerprint density at radius 1 is 0.971 bits per heavy atom. The molecular formula is C23H27Cl4N3O4S. The lowest BCUT2D eigenvalue weighted by atomic mass is 10.1. The number of carbonyl (C=O) groups is 2. The molecule has 2 amide bonds. The number of hydrogen-bond donors (Lipinski definition) is 1. The second kappa shape index (κ2) is 11.6. The predicted molar refractivity (Wildman–Crippen MR) is 143 cm³/mol. The van der Waals surface area contributed by atoms with Crippen molar-refractivity contribution >= 4 is 73.9 Å². The van der Waals surface area contributed by atoms with Crippen molar-refractivity contribution in [2.75, 3.05) is 17.1 Å². The average Bonchev–Trinajstić information content (AvgIpc) is 2.72. The number of benzene rings is 2. The summed E-state index contributed by atoms with van der Waals surface area (Å²) >= 11 is 24.4. The second-order valence-corrected chi connectivity index (χ2v) is 12.6. The SMILES string of the molecule is CC(C(=O)NC(C)(C)C)N(Cc1ccc(Cl)c(Cl)c1)C(=O)CN(c1cc(Cl)ccc1Cl)S(C)(=O)=O. The molecule has 0 aromatic heterocycles. The number of halogens is 4. The standard InChI is InChI=1S/C23H27Cl4N3O4S/c1-14(22(32)28-23(2,3)4)29(12-15-6-8-17(25)19(27)10-15)21(31)13-30(35(5,33)34)20-11-16(24)7-9-18(20)26/h6-11,14H,12-13H2,1-5H3,(H,28,32). The first kappa shape index (κ1) is 29.5. The third-order valence-electron chi connectivity index (χ3n) is 4.86. The van der Waals surface area contributed by atoms with Gasteiger partial charge < -0.3 is 10.2 Å². The Kier molecular flexibility index (Phi) is 9.75. The van der Waals surface area contributed by atoms with Gasteiger partial charge in [-0.3, -0.25) is 13.9 Å². The highest BCUT2D eigenvalue weighted by Crippen LogP contribution is 2.31. The van der Waals surface area contributed by atoms with Crippen LogP contribution in [0.15, 0.2) is 36.4 Å². The molecule has 0 fully saturated rings. The van der Waals surface area contributed by atoms with Crippen LogP contribution in [0.25, 0.3) is 0 Å². The molecule has 1 unspecified atom stereocenters. The highest BCUT2D eigenvalue weighted by atomic mass is 35.5. The van der Waals surface area contributed by atoms with Crippen LogP contribution in [0.2, 0.25) is 20.1 Å². The fourth-order valence-corrected chi connectivity index (χ4v) is 4.77. The summed E-state index contributed by atoms with van der Waals surface area (Å²) in [6.45, 7) is 6.39. The maximum atomic E-state index is 13.5. The van der Waals surface area contributed by atoms with Gasteiger partial charge in [-0.2, -0.15) is 0 Å². The van der Waals surface area contributed by atoms with E-state index in [1.807, 2.05) is 20.8 Å². The number of nitrogens with one attached hydrogen (secondary N) is 1. The molecule has 1 atom stereocenters. The van der Waals surface area contributed by atoms with E-state index in [0.29, 0.717) is 10.6 Å². The van der Waals surface area contributed by atoms with Crippen molar-refractivity contribution in [2.45, 2.75) is 45.8 Å². The molecule has 12 heteroatoms. The number of rotatable bonds is 8. The minimum absolute atomic E-state index is 0.0185. The van der Waals surface area contributed by atoms with E-state index >= 15 is 0 Å². The molecule has 0 aliphatic carbocycles. The third kappa shape index (κ3) is 8.43. The van der Waals surface area contributed by atoms with Crippen LogP contribution in [0, 0.1) is 0 Å². The van der Waals surface area contributed by atoms with Crippen molar-refractivity contribution in [1.29, 1.82) is 0 Å². The van der Waals surface area contributed by atoms with Crippen molar-refractivity contribution in [1.82, 2.24) is 10.2 Å². The molecule has 35 heavy (non-hydrogen) atoms. The maximum Gasteiger partial charge on any atom is 0.244 e. The lowest BCUT2D eigenvalue weighted by molar-refractivity contribution is -0.140. The van der Waals surface area contributed by atoms with Gasteiger partial charge in [0.25, 0.3) is 0 Å². The van der Waals surface area contributed by atoms with Gasteiger partial charge >= 0.3 is 0 Å². The van der Waals surface area contributed by atoms with E-state index in [1.165, 1.54) is 23.1 Å². The number of anilines is 1. The molecule has 0 saturated carbocycles. The summed E-state index contributed by atoms with van der Waals surface area (Å²) in [7, 11) is -3.94. The van der Waals surface area contributed by atoms with E-state index < -0.39 is 40.0 Å². The predicted octanol–water partition coefficient (Wildman–Crippen LogP) is 5.40. The van der Waals surface area contributed by atoms with Gasteiger partial charge in [-0.1, -0.05) is 52.5 Å². The lowest BCUT2D eigenvalue weighted by Gasteiger charge is -2.33. The largest absolute Gasteiger partial charge is 0.350 e. The van der Waals surface area contributed by atoms with Gasteiger partial charge in [0.15, 0.2) is 0 Å². The number of sulfonamides is 1. The van der Waals surface area contributed by atoms with E-state index in [0.717, 1.165) is 10.6 Å². The van der Waals surface area contributed by atoms with Crippen LogP contribution >= 0.6 is 46.4 Å². The zero-order valence-electron chi connectivity index (χ0n) is 19.9. The molecule has 0 aliphatic heterocycles. The summed E-state index contributed by atoms with van der Waals surface area (Å²) < 4.78 is 26.1. The summed E-state index contributed by atoms with van der Waals surface area (Å²) in [5, 5.41) is 3.81. The Morgan fingerprint density at radius 3 is 2.11 bits per heavy atom. The lowest BCUT2D eigenvalue weighted by Crippen LogP contribution is -2.54. The molecule has 0 radical (unpaired) electrons. The third-order valence-corrected chi connectivity index (χ3v) is 7.28. The Morgan fingerprint density at radius 2 is 1.57 bits per heavy atom. The summed E-state index contributed by atoms with van der Waals surface area (Å²) in [5.74, 6) is -1.04. The molecule has 2 aromatic carbocycles. The van der Waals surface area contributed by atoms with Crippen molar-refractivity contribution in [2.24, 2.45) is 0 Å².